The van der Waals surface area contributed by atoms with Crippen LogP contribution in [0.15, 0.2) is 59.5 Å². The van der Waals surface area contributed by atoms with E-state index < -0.39 is 15.6 Å². The molecule has 0 aliphatic rings. The van der Waals surface area contributed by atoms with Crippen molar-refractivity contribution >= 4 is 10.0 Å². The third-order valence-electron chi connectivity index (χ3n) is 3.53. The quantitative estimate of drug-likeness (QED) is 0.942. The van der Waals surface area contributed by atoms with Crippen LogP contribution in [-0.2, 0) is 15.6 Å². The Morgan fingerprint density at radius 1 is 0.905 bits per heavy atom. The minimum atomic E-state index is -3.45. The molecular formula is C16H19NO3S. The Labute approximate surface area is 125 Å². The van der Waals surface area contributed by atoms with Crippen LogP contribution < -0.4 is 0 Å². The van der Waals surface area contributed by atoms with E-state index in [2.05, 4.69) is 0 Å². The molecule has 0 aliphatic carbocycles. The highest BCUT2D eigenvalue weighted by Gasteiger charge is 2.26. The van der Waals surface area contributed by atoms with Gasteiger partial charge in [-0.25, -0.2) is 12.7 Å². The first kappa shape index (κ1) is 15.7. The van der Waals surface area contributed by atoms with Gasteiger partial charge in [-0.3, -0.25) is 0 Å². The Morgan fingerprint density at radius 3 is 1.86 bits per heavy atom. The zero-order valence-corrected chi connectivity index (χ0v) is 13.1. The van der Waals surface area contributed by atoms with Gasteiger partial charge in [0, 0.05) is 14.1 Å². The minimum absolute atomic E-state index is 0.208. The van der Waals surface area contributed by atoms with Crippen molar-refractivity contribution in [1.82, 2.24) is 4.31 Å². The number of aliphatic hydroxyl groups is 1. The van der Waals surface area contributed by atoms with E-state index in [1.165, 1.54) is 26.2 Å². The van der Waals surface area contributed by atoms with Gasteiger partial charge in [0.05, 0.1) is 4.90 Å². The molecule has 21 heavy (non-hydrogen) atoms. The molecule has 1 atom stereocenters. The van der Waals surface area contributed by atoms with Gasteiger partial charge < -0.3 is 5.11 Å². The maximum Gasteiger partial charge on any atom is 0.242 e. The van der Waals surface area contributed by atoms with E-state index in [1.54, 1.807) is 19.1 Å². The molecule has 1 N–H and O–H groups in total. The predicted molar refractivity (Wildman–Crippen MR) is 82.4 cm³/mol. The number of sulfonamides is 1. The Balaban J connectivity index is 2.40. The number of benzene rings is 2. The van der Waals surface area contributed by atoms with Gasteiger partial charge in [-0.1, -0.05) is 42.5 Å². The van der Waals surface area contributed by atoms with Crippen LogP contribution in [0, 0.1) is 0 Å². The molecule has 4 nitrogen and oxygen atoms in total. The van der Waals surface area contributed by atoms with E-state index in [4.69, 9.17) is 0 Å². The summed E-state index contributed by atoms with van der Waals surface area (Å²) >= 11 is 0. The summed E-state index contributed by atoms with van der Waals surface area (Å²) in [7, 11) is -0.473. The molecule has 0 saturated heterocycles. The van der Waals surface area contributed by atoms with Crippen LogP contribution in [0.5, 0.6) is 0 Å². The molecule has 0 radical (unpaired) electrons. The summed E-state index contributed by atoms with van der Waals surface area (Å²) in [4.78, 5) is 0.208. The normalized spacial score (nSPS) is 14.9. The monoisotopic (exact) mass is 305 g/mol. The van der Waals surface area contributed by atoms with E-state index in [9.17, 15) is 13.5 Å². The predicted octanol–water partition coefficient (Wildman–Crippen LogP) is 2.19. The van der Waals surface area contributed by atoms with Crippen molar-refractivity contribution in [3.05, 3.63) is 65.7 Å². The van der Waals surface area contributed by atoms with Gasteiger partial charge in [0.15, 0.2) is 0 Å². The smallest absolute Gasteiger partial charge is 0.242 e. The Morgan fingerprint density at radius 2 is 1.38 bits per heavy atom. The molecule has 0 heterocycles. The fourth-order valence-electron chi connectivity index (χ4n) is 2.09. The molecule has 0 saturated carbocycles. The number of rotatable bonds is 4. The second-order valence-electron chi connectivity index (χ2n) is 5.25. The average molecular weight is 305 g/mol. The Kier molecular flexibility index (Phi) is 4.18. The highest BCUT2D eigenvalue weighted by molar-refractivity contribution is 7.89. The highest BCUT2D eigenvalue weighted by Crippen LogP contribution is 2.29. The number of hydrogen-bond donors (Lipinski definition) is 1. The van der Waals surface area contributed by atoms with Crippen molar-refractivity contribution in [2.45, 2.75) is 17.4 Å². The van der Waals surface area contributed by atoms with Gasteiger partial charge >= 0.3 is 0 Å². The van der Waals surface area contributed by atoms with Crippen LogP contribution >= 0.6 is 0 Å². The van der Waals surface area contributed by atoms with Gasteiger partial charge in [-0.05, 0) is 30.2 Å². The van der Waals surface area contributed by atoms with Gasteiger partial charge in [-0.2, -0.15) is 0 Å². The van der Waals surface area contributed by atoms with E-state index in [-0.39, 0.29) is 4.90 Å². The summed E-state index contributed by atoms with van der Waals surface area (Å²) in [6.07, 6.45) is 0. The van der Waals surface area contributed by atoms with E-state index in [0.29, 0.717) is 5.56 Å². The number of nitrogens with zero attached hydrogens (tertiary/aromatic N) is 1. The van der Waals surface area contributed by atoms with E-state index in [1.807, 2.05) is 30.3 Å². The molecule has 2 aromatic rings. The molecule has 1 unspecified atom stereocenters. The summed E-state index contributed by atoms with van der Waals surface area (Å²) in [6.45, 7) is 1.69. The Hall–Kier alpha value is -1.69. The summed E-state index contributed by atoms with van der Waals surface area (Å²) in [5.74, 6) is 0. The molecule has 112 valence electrons. The van der Waals surface area contributed by atoms with Crippen LogP contribution in [0.3, 0.4) is 0 Å². The molecule has 0 bridgehead atoms. The second kappa shape index (κ2) is 5.60. The number of hydrogen-bond acceptors (Lipinski definition) is 3. The zero-order valence-electron chi connectivity index (χ0n) is 12.3. The first-order valence-corrected chi connectivity index (χ1v) is 8.01. The van der Waals surface area contributed by atoms with Gasteiger partial charge in [0.25, 0.3) is 0 Å². The average Bonchev–Trinajstić information content (AvgIpc) is 2.48. The second-order valence-corrected chi connectivity index (χ2v) is 7.40. The van der Waals surface area contributed by atoms with Crippen LogP contribution in [-0.4, -0.2) is 31.9 Å². The molecule has 2 rings (SSSR count). The lowest BCUT2D eigenvalue weighted by atomic mass is 9.88. The van der Waals surface area contributed by atoms with Crippen molar-refractivity contribution < 1.29 is 13.5 Å². The minimum Gasteiger partial charge on any atom is -0.381 e. The van der Waals surface area contributed by atoms with Crippen LogP contribution in [0.2, 0.25) is 0 Å². The van der Waals surface area contributed by atoms with Crippen LogP contribution in [0.1, 0.15) is 18.1 Å². The third-order valence-corrected chi connectivity index (χ3v) is 5.36. The fourth-order valence-corrected chi connectivity index (χ4v) is 2.99. The summed E-state index contributed by atoms with van der Waals surface area (Å²) in [5.41, 5.74) is 0.237. The molecule has 0 aromatic heterocycles. The standard InChI is InChI=1S/C16H19NO3S/c1-16(18,13-7-5-4-6-8-13)14-9-11-15(12-10-14)21(19,20)17(2)3/h4-12,18H,1-3H3. The summed E-state index contributed by atoms with van der Waals surface area (Å²) in [6, 6.07) is 15.6. The summed E-state index contributed by atoms with van der Waals surface area (Å²) < 4.78 is 25.2. The lowest BCUT2D eigenvalue weighted by molar-refractivity contribution is 0.102. The molecule has 0 aliphatic heterocycles. The molecule has 0 spiro atoms. The third kappa shape index (κ3) is 3.00. The topological polar surface area (TPSA) is 57.6 Å². The summed E-state index contributed by atoms with van der Waals surface area (Å²) in [5, 5.41) is 10.7. The van der Waals surface area contributed by atoms with Gasteiger partial charge in [-0.15, -0.1) is 0 Å². The van der Waals surface area contributed by atoms with Crippen molar-refractivity contribution in [1.29, 1.82) is 0 Å². The van der Waals surface area contributed by atoms with Gasteiger partial charge in [0.2, 0.25) is 10.0 Å². The van der Waals surface area contributed by atoms with E-state index >= 15 is 0 Å². The molecule has 0 amide bonds. The van der Waals surface area contributed by atoms with Crippen LogP contribution in [0.4, 0.5) is 0 Å². The van der Waals surface area contributed by atoms with Crippen molar-refractivity contribution in [3.8, 4) is 0 Å². The maximum atomic E-state index is 12.0. The molecule has 5 heteroatoms. The molecule has 0 fully saturated rings. The highest BCUT2D eigenvalue weighted by atomic mass is 32.2. The zero-order chi connectivity index (χ0) is 15.7. The lowest BCUT2D eigenvalue weighted by Crippen LogP contribution is -2.24. The van der Waals surface area contributed by atoms with Crippen molar-refractivity contribution in [3.63, 3.8) is 0 Å². The lowest BCUT2D eigenvalue weighted by Gasteiger charge is -2.25. The Bertz CT molecular complexity index is 705. The largest absolute Gasteiger partial charge is 0.381 e. The first-order valence-electron chi connectivity index (χ1n) is 6.57. The first-order chi connectivity index (χ1) is 9.76. The maximum absolute atomic E-state index is 12.0. The van der Waals surface area contributed by atoms with Crippen LogP contribution in [0.25, 0.3) is 0 Å². The van der Waals surface area contributed by atoms with Crippen molar-refractivity contribution in [2.75, 3.05) is 14.1 Å². The van der Waals surface area contributed by atoms with Crippen molar-refractivity contribution in [2.24, 2.45) is 0 Å². The molecular weight excluding hydrogens is 286 g/mol. The molecule has 2 aromatic carbocycles. The fraction of sp³-hybridized carbons (Fsp3) is 0.250. The SMILES string of the molecule is CN(C)S(=O)(=O)c1ccc(C(C)(O)c2ccccc2)cc1. The van der Waals surface area contributed by atoms with Gasteiger partial charge in [0.1, 0.15) is 5.60 Å². The van der Waals surface area contributed by atoms with E-state index in [0.717, 1.165) is 9.87 Å².